The van der Waals surface area contributed by atoms with Gasteiger partial charge < -0.3 is 16.4 Å². The number of amides is 2. The third-order valence-corrected chi connectivity index (χ3v) is 4.77. The third-order valence-electron chi connectivity index (χ3n) is 4.77. The summed E-state index contributed by atoms with van der Waals surface area (Å²) in [7, 11) is 0. The normalized spacial score (nSPS) is 31.1. The molecule has 0 aromatic heterocycles. The van der Waals surface area contributed by atoms with Crippen LogP contribution < -0.4 is 11.5 Å². The zero-order chi connectivity index (χ0) is 14.5. The molecule has 1 heterocycles. The molecule has 0 spiro atoms. The Morgan fingerprint density at radius 2 is 1.95 bits per heavy atom. The molecule has 1 saturated heterocycles. The predicted octanol–water partition coefficient (Wildman–Crippen LogP) is 1.01. The van der Waals surface area contributed by atoms with Gasteiger partial charge in [-0.05, 0) is 38.0 Å². The summed E-state index contributed by atoms with van der Waals surface area (Å²) in [5, 5.41) is 0. The van der Waals surface area contributed by atoms with Gasteiger partial charge in [0.15, 0.2) is 0 Å². The number of hydrogen-bond acceptors (Lipinski definition) is 3. The SMILES string of the molecule is NC(=O)C1CCCN(C(=O)CCC2CCCC(N)C2)C1. The fourth-order valence-corrected chi connectivity index (χ4v) is 3.52. The third kappa shape index (κ3) is 4.20. The van der Waals surface area contributed by atoms with E-state index in [0.29, 0.717) is 24.9 Å². The van der Waals surface area contributed by atoms with Crippen molar-refractivity contribution in [2.24, 2.45) is 23.3 Å². The highest BCUT2D eigenvalue weighted by Crippen LogP contribution is 2.27. The second-order valence-electron chi connectivity index (χ2n) is 6.41. The molecule has 2 amide bonds. The number of carbonyl (C=O) groups is 2. The number of primary amides is 1. The molecular formula is C15H27N3O2. The van der Waals surface area contributed by atoms with Gasteiger partial charge >= 0.3 is 0 Å². The van der Waals surface area contributed by atoms with Crippen molar-refractivity contribution < 1.29 is 9.59 Å². The van der Waals surface area contributed by atoms with Crippen LogP contribution in [0.25, 0.3) is 0 Å². The predicted molar refractivity (Wildman–Crippen MR) is 77.7 cm³/mol. The van der Waals surface area contributed by atoms with Gasteiger partial charge in [-0.15, -0.1) is 0 Å². The Morgan fingerprint density at radius 1 is 1.15 bits per heavy atom. The summed E-state index contributed by atoms with van der Waals surface area (Å²) in [6.45, 7) is 1.28. The molecule has 3 atom stereocenters. The minimum Gasteiger partial charge on any atom is -0.369 e. The van der Waals surface area contributed by atoms with Crippen LogP contribution >= 0.6 is 0 Å². The van der Waals surface area contributed by atoms with E-state index in [4.69, 9.17) is 11.5 Å². The molecule has 3 unspecified atom stereocenters. The van der Waals surface area contributed by atoms with E-state index in [1.807, 2.05) is 4.90 Å². The number of carbonyl (C=O) groups excluding carboxylic acids is 2. The standard InChI is InChI=1S/C15H27N3O2/c16-13-5-1-3-11(9-13)6-7-14(19)18-8-2-4-12(10-18)15(17)20/h11-13H,1-10,16H2,(H2,17,20). The van der Waals surface area contributed by atoms with Crippen molar-refractivity contribution in [1.29, 1.82) is 0 Å². The van der Waals surface area contributed by atoms with Crippen LogP contribution in [0.4, 0.5) is 0 Å². The molecule has 2 aliphatic rings. The number of piperidine rings is 1. The van der Waals surface area contributed by atoms with Crippen LogP contribution in [0.3, 0.4) is 0 Å². The van der Waals surface area contributed by atoms with E-state index in [9.17, 15) is 9.59 Å². The smallest absolute Gasteiger partial charge is 0.222 e. The van der Waals surface area contributed by atoms with Gasteiger partial charge in [0.2, 0.25) is 11.8 Å². The number of nitrogens with two attached hydrogens (primary N) is 2. The molecule has 5 heteroatoms. The van der Waals surface area contributed by atoms with Gasteiger partial charge in [-0.25, -0.2) is 0 Å². The molecule has 114 valence electrons. The van der Waals surface area contributed by atoms with Crippen molar-refractivity contribution in [3.8, 4) is 0 Å². The van der Waals surface area contributed by atoms with Crippen LogP contribution in [0.2, 0.25) is 0 Å². The summed E-state index contributed by atoms with van der Waals surface area (Å²) in [5.41, 5.74) is 11.3. The molecule has 0 radical (unpaired) electrons. The first-order valence-corrected chi connectivity index (χ1v) is 7.89. The van der Waals surface area contributed by atoms with Crippen molar-refractivity contribution in [3.63, 3.8) is 0 Å². The van der Waals surface area contributed by atoms with Gasteiger partial charge in [-0.3, -0.25) is 9.59 Å². The lowest BCUT2D eigenvalue weighted by molar-refractivity contribution is -0.135. The van der Waals surface area contributed by atoms with E-state index in [1.54, 1.807) is 0 Å². The van der Waals surface area contributed by atoms with Crippen molar-refractivity contribution >= 4 is 11.8 Å². The number of rotatable bonds is 4. The second-order valence-corrected chi connectivity index (χ2v) is 6.41. The van der Waals surface area contributed by atoms with E-state index in [0.717, 1.165) is 38.6 Å². The fourth-order valence-electron chi connectivity index (χ4n) is 3.52. The van der Waals surface area contributed by atoms with E-state index in [1.165, 1.54) is 12.8 Å². The van der Waals surface area contributed by atoms with Crippen LogP contribution in [0.1, 0.15) is 51.4 Å². The van der Waals surface area contributed by atoms with Crippen LogP contribution in [0.15, 0.2) is 0 Å². The van der Waals surface area contributed by atoms with Crippen molar-refractivity contribution in [3.05, 3.63) is 0 Å². The highest BCUT2D eigenvalue weighted by molar-refractivity contribution is 5.80. The molecule has 0 aromatic rings. The Bertz CT molecular complexity index is 359. The molecular weight excluding hydrogens is 254 g/mol. The highest BCUT2D eigenvalue weighted by Gasteiger charge is 2.27. The molecule has 0 bridgehead atoms. The molecule has 1 aliphatic heterocycles. The fraction of sp³-hybridized carbons (Fsp3) is 0.867. The summed E-state index contributed by atoms with van der Waals surface area (Å²) >= 11 is 0. The van der Waals surface area contributed by atoms with Gasteiger partial charge in [-0.2, -0.15) is 0 Å². The number of nitrogens with zero attached hydrogens (tertiary/aromatic N) is 1. The Balaban J connectivity index is 1.75. The summed E-state index contributed by atoms with van der Waals surface area (Å²) < 4.78 is 0. The Morgan fingerprint density at radius 3 is 2.65 bits per heavy atom. The van der Waals surface area contributed by atoms with Gasteiger partial charge in [0.05, 0.1) is 5.92 Å². The average molecular weight is 281 g/mol. The van der Waals surface area contributed by atoms with Crippen molar-refractivity contribution in [1.82, 2.24) is 4.90 Å². The maximum Gasteiger partial charge on any atom is 0.222 e. The van der Waals surface area contributed by atoms with Crippen LogP contribution in [-0.4, -0.2) is 35.8 Å². The van der Waals surface area contributed by atoms with Gasteiger partial charge in [0, 0.05) is 25.6 Å². The first-order valence-electron chi connectivity index (χ1n) is 7.89. The molecule has 0 aromatic carbocycles. The quantitative estimate of drug-likeness (QED) is 0.806. The molecule has 2 rings (SSSR count). The van der Waals surface area contributed by atoms with Crippen molar-refractivity contribution in [2.45, 2.75) is 57.4 Å². The maximum atomic E-state index is 12.2. The van der Waals surface area contributed by atoms with E-state index in [-0.39, 0.29) is 17.7 Å². The Kier molecular flexibility index (Phi) is 5.40. The first kappa shape index (κ1) is 15.3. The van der Waals surface area contributed by atoms with Crippen LogP contribution in [-0.2, 0) is 9.59 Å². The second kappa shape index (κ2) is 7.07. The lowest BCUT2D eigenvalue weighted by Gasteiger charge is -2.32. The molecule has 2 fully saturated rings. The minimum absolute atomic E-state index is 0.157. The van der Waals surface area contributed by atoms with Gasteiger partial charge in [0.1, 0.15) is 0 Å². The number of likely N-dealkylation sites (tertiary alicyclic amines) is 1. The minimum atomic E-state index is -0.277. The largest absolute Gasteiger partial charge is 0.369 e. The molecule has 4 N–H and O–H groups in total. The maximum absolute atomic E-state index is 12.2. The summed E-state index contributed by atoms with van der Waals surface area (Å²) in [6, 6.07) is 0.318. The van der Waals surface area contributed by atoms with E-state index < -0.39 is 0 Å². The molecule has 5 nitrogen and oxygen atoms in total. The Labute approximate surface area is 121 Å². The molecule has 1 saturated carbocycles. The zero-order valence-corrected chi connectivity index (χ0v) is 12.2. The lowest BCUT2D eigenvalue weighted by Crippen LogP contribution is -2.44. The highest BCUT2D eigenvalue weighted by atomic mass is 16.2. The topological polar surface area (TPSA) is 89.4 Å². The van der Waals surface area contributed by atoms with Crippen molar-refractivity contribution in [2.75, 3.05) is 13.1 Å². The summed E-state index contributed by atoms with van der Waals surface area (Å²) in [5.74, 6) is 0.339. The van der Waals surface area contributed by atoms with E-state index in [2.05, 4.69) is 0 Å². The zero-order valence-electron chi connectivity index (χ0n) is 12.2. The van der Waals surface area contributed by atoms with E-state index >= 15 is 0 Å². The monoisotopic (exact) mass is 281 g/mol. The molecule has 1 aliphatic carbocycles. The Hall–Kier alpha value is -1.10. The lowest BCUT2D eigenvalue weighted by atomic mass is 9.83. The van der Waals surface area contributed by atoms with Crippen LogP contribution in [0, 0.1) is 11.8 Å². The summed E-state index contributed by atoms with van der Waals surface area (Å²) in [6.07, 6.45) is 7.78. The summed E-state index contributed by atoms with van der Waals surface area (Å²) in [4.78, 5) is 25.3. The van der Waals surface area contributed by atoms with Gasteiger partial charge in [0.25, 0.3) is 0 Å². The molecule has 20 heavy (non-hydrogen) atoms. The first-order chi connectivity index (χ1) is 9.56. The number of hydrogen-bond donors (Lipinski definition) is 2. The van der Waals surface area contributed by atoms with Crippen LogP contribution in [0.5, 0.6) is 0 Å². The van der Waals surface area contributed by atoms with Gasteiger partial charge in [-0.1, -0.05) is 12.8 Å². The average Bonchev–Trinajstić information content (AvgIpc) is 2.45.